The molecule has 2 aromatic carbocycles. The summed E-state index contributed by atoms with van der Waals surface area (Å²) in [6.07, 6.45) is 1.90. The maximum Gasteiger partial charge on any atom is 0.0668 e. The number of rotatable bonds is 2. The van der Waals surface area contributed by atoms with Crippen LogP contribution in [0.4, 0.5) is 5.69 Å². The first-order chi connectivity index (χ1) is 8.84. The van der Waals surface area contributed by atoms with Gasteiger partial charge in [0.1, 0.15) is 0 Å². The topological polar surface area (TPSA) is 12.4 Å². The molecule has 3 heteroatoms. The monoisotopic (exact) mass is 269 g/mol. The molecule has 0 radical (unpaired) electrons. The van der Waals surface area contributed by atoms with Gasteiger partial charge in [-0.2, -0.15) is 0 Å². The van der Waals surface area contributed by atoms with E-state index in [1.807, 2.05) is 48.7 Å². The summed E-state index contributed by atoms with van der Waals surface area (Å²) in [7, 11) is 0. The fourth-order valence-electron chi connectivity index (χ4n) is 1.83. The highest BCUT2D eigenvalue weighted by Crippen LogP contribution is 2.32. The van der Waals surface area contributed by atoms with Gasteiger partial charge in [-0.15, -0.1) is 24.0 Å². The minimum Gasteiger partial charge on any atom is -0.256 e. The molecule has 0 aliphatic heterocycles. The Morgan fingerprint density at radius 2 is 1.67 bits per heavy atom. The number of benzene rings is 2. The van der Waals surface area contributed by atoms with Gasteiger partial charge in [0.25, 0.3) is 0 Å². The van der Waals surface area contributed by atoms with Crippen LogP contribution in [0.2, 0.25) is 0 Å². The molecule has 1 heterocycles. The van der Waals surface area contributed by atoms with Crippen LogP contribution in [-0.2, 0) is 0 Å². The molecule has 0 fully saturated rings. The highest BCUT2D eigenvalue weighted by Gasteiger charge is 2.06. The quantitative estimate of drug-likeness (QED) is 0.500. The number of thiol groups is 1. The lowest BCUT2D eigenvalue weighted by Crippen LogP contribution is -1.78. The van der Waals surface area contributed by atoms with Gasteiger partial charge in [0.15, 0.2) is 0 Å². The van der Waals surface area contributed by atoms with Crippen molar-refractivity contribution in [3.63, 3.8) is 0 Å². The third kappa shape index (κ3) is 2.19. The van der Waals surface area contributed by atoms with Gasteiger partial charge >= 0.3 is 0 Å². The van der Waals surface area contributed by atoms with Crippen LogP contribution in [0, 0.1) is 0 Å². The first-order valence-corrected chi connectivity index (χ1v) is 6.90. The Morgan fingerprint density at radius 3 is 2.50 bits per heavy atom. The minimum absolute atomic E-state index is 0.959. The zero-order valence-electron chi connectivity index (χ0n) is 9.58. The molecule has 0 N–H and O–H groups in total. The van der Waals surface area contributed by atoms with Crippen molar-refractivity contribution in [2.24, 2.45) is 4.99 Å². The van der Waals surface area contributed by atoms with E-state index in [1.165, 1.54) is 10.1 Å². The van der Waals surface area contributed by atoms with Crippen molar-refractivity contribution in [2.45, 2.75) is 4.21 Å². The summed E-state index contributed by atoms with van der Waals surface area (Å²) >= 11 is 6.22. The van der Waals surface area contributed by atoms with Crippen LogP contribution in [-0.4, -0.2) is 6.21 Å². The molecule has 0 aliphatic rings. The van der Waals surface area contributed by atoms with Crippen molar-refractivity contribution < 1.29 is 0 Å². The standard InChI is InChI=1S/C15H11NS2/c17-15-13(10-16-11-6-2-1-3-7-11)12-8-4-5-9-14(12)18-15/h1-10,17H. The van der Waals surface area contributed by atoms with Crippen molar-refractivity contribution in [3.8, 4) is 0 Å². The molecular weight excluding hydrogens is 258 g/mol. The molecule has 3 rings (SSSR count). The summed E-state index contributed by atoms with van der Waals surface area (Å²) in [5, 5.41) is 1.21. The Balaban J connectivity index is 2.05. The third-order valence-electron chi connectivity index (χ3n) is 2.71. The lowest BCUT2D eigenvalue weighted by Gasteiger charge is -1.94. The maximum atomic E-state index is 4.53. The third-order valence-corrected chi connectivity index (χ3v) is 4.22. The summed E-state index contributed by atoms with van der Waals surface area (Å²) in [4.78, 5) is 4.49. The van der Waals surface area contributed by atoms with E-state index in [1.54, 1.807) is 11.3 Å². The lowest BCUT2D eigenvalue weighted by atomic mass is 10.2. The normalized spacial score (nSPS) is 11.4. The van der Waals surface area contributed by atoms with Gasteiger partial charge in [0, 0.05) is 21.9 Å². The highest BCUT2D eigenvalue weighted by molar-refractivity contribution is 7.83. The first-order valence-electron chi connectivity index (χ1n) is 5.64. The van der Waals surface area contributed by atoms with E-state index in [2.05, 4.69) is 29.8 Å². The maximum absolute atomic E-state index is 4.53. The number of hydrogen-bond acceptors (Lipinski definition) is 3. The van der Waals surface area contributed by atoms with Crippen molar-refractivity contribution >= 4 is 46.0 Å². The Hall–Kier alpha value is -1.58. The van der Waals surface area contributed by atoms with E-state index in [0.29, 0.717) is 0 Å². The van der Waals surface area contributed by atoms with Gasteiger partial charge in [-0.3, -0.25) is 4.99 Å². The van der Waals surface area contributed by atoms with Gasteiger partial charge in [-0.05, 0) is 18.2 Å². The molecule has 88 valence electrons. The smallest absolute Gasteiger partial charge is 0.0668 e. The van der Waals surface area contributed by atoms with Gasteiger partial charge in [-0.25, -0.2) is 0 Å². The number of thiophene rings is 1. The van der Waals surface area contributed by atoms with Crippen LogP contribution in [0.25, 0.3) is 10.1 Å². The molecule has 0 atom stereocenters. The van der Waals surface area contributed by atoms with E-state index < -0.39 is 0 Å². The van der Waals surface area contributed by atoms with Gasteiger partial charge in [-0.1, -0.05) is 36.4 Å². The van der Waals surface area contributed by atoms with Crippen molar-refractivity contribution in [1.82, 2.24) is 0 Å². The predicted octanol–water partition coefficient (Wildman–Crippen LogP) is 4.94. The second kappa shape index (κ2) is 4.96. The summed E-state index contributed by atoms with van der Waals surface area (Å²) in [5.74, 6) is 0. The summed E-state index contributed by atoms with van der Waals surface area (Å²) in [6.45, 7) is 0. The van der Waals surface area contributed by atoms with Crippen LogP contribution in [0.1, 0.15) is 5.56 Å². The largest absolute Gasteiger partial charge is 0.256 e. The van der Waals surface area contributed by atoms with Crippen LogP contribution < -0.4 is 0 Å². The van der Waals surface area contributed by atoms with E-state index in [0.717, 1.165) is 15.5 Å². The molecular formula is C15H11NS2. The molecule has 0 saturated heterocycles. The van der Waals surface area contributed by atoms with E-state index in [9.17, 15) is 0 Å². The van der Waals surface area contributed by atoms with Crippen molar-refractivity contribution in [1.29, 1.82) is 0 Å². The first kappa shape index (κ1) is 11.5. The summed E-state index contributed by atoms with van der Waals surface area (Å²) < 4.78 is 2.26. The summed E-state index contributed by atoms with van der Waals surface area (Å²) in [6, 6.07) is 18.2. The van der Waals surface area contributed by atoms with Crippen LogP contribution in [0.15, 0.2) is 63.8 Å². The number of aliphatic imine (C=N–C) groups is 1. The van der Waals surface area contributed by atoms with Gasteiger partial charge in [0.05, 0.1) is 9.90 Å². The summed E-state index contributed by atoms with van der Waals surface area (Å²) in [5.41, 5.74) is 2.06. The number of nitrogens with zero attached hydrogens (tertiary/aromatic N) is 1. The van der Waals surface area contributed by atoms with E-state index in [4.69, 9.17) is 0 Å². The average Bonchev–Trinajstić information content (AvgIpc) is 2.73. The van der Waals surface area contributed by atoms with Crippen LogP contribution in [0.5, 0.6) is 0 Å². The number of hydrogen-bond donors (Lipinski definition) is 1. The fraction of sp³-hybridized carbons (Fsp3) is 0. The molecule has 3 aromatic rings. The minimum atomic E-state index is 0.959. The fourth-order valence-corrected chi connectivity index (χ4v) is 3.22. The van der Waals surface area contributed by atoms with Gasteiger partial charge in [0.2, 0.25) is 0 Å². The van der Waals surface area contributed by atoms with E-state index >= 15 is 0 Å². The Kier molecular flexibility index (Phi) is 3.17. The van der Waals surface area contributed by atoms with Crippen LogP contribution >= 0.6 is 24.0 Å². The molecule has 0 aliphatic carbocycles. The zero-order chi connectivity index (χ0) is 12.4. The average molecular weight is 269 g/mol. The Morgan fingerprint density at radius 1 is 0.944 bits per heavy atom. The second-order valence-corrected chi connectivity index (χ2v) is 5.71. The molecule has 1 nitrogen and oxygen atoms in total. The SMILES string of the molecule is Sc1sc2ccccc2c1C=Nc1ccccc1. The lowest BCUT2D eigenvalue weighted by molar-refractivity contribution is 1.53. The molecule has 0 bridgehead atoms. The van der Waals surface area contributed by atoms with Crippen molar-refractivity contribution in [2.75, 3.05) is 0 Å². The molecule has 0 saturated carbocycles. The van der Waals surface area contributed by atoms with Crippen LogP contribution in [0.3, 0.4) is 0 Å². The Bertz CT molecular complexity index is 699. The molecule has 0 unspecified atom stereocenters. The highest BCUT2D eigenvalue weighted by atomic mass is 32.2. The Labute approximate surface area is 115 Å². The molecule has 0 amide bonds. The number of fused-ring (bicyclic) bond motifs is 1. The molecule has 1 aromatic heterocycles. The number of para-hydroxylation sites is 1. The molecule has 0 spiro atoms. The van der Waals surface area contributed by atoms with Crippen molar-refractivity contribution in [3.05, 3.63) is 60.2 Å². The van der Waals surface area contributed by atoms with Gasteiger partial charge < -0.3 is 0 Å². The zero-order valence-corrected chi connectivity index (χ0v) is 11.3. The predicted molar refractivity (Wildman–Crippen MR) is 82.8 cm³/mol. The van der Waals surface area contributed by atoms with E-state index in [-0.39, 0.29) is 0 Å². The second-order valence-electron chi connectivity index (χ2n) is 3.91. The molecule has 18 heavy (non-hydrogen) atoms.